The Morgan fingerprint density at radius 2 is 1.89 bits per heavy atom. The lowest BCUT2D eigenvalue weighted by molar-refractivity contribution is 0.0357. The van der Waals surface area contributed by atoms with Crippen LogP contribution in [0.4, 0.5) is 10.5 Å². The number of hydrogen-bond acceptors (Lipinski definition) is 8. The van der Waals surface area contributed by atoms with Crippen LogP contribution in [0.5, 0.6) is 28.7 Å². The topological polar surface area (TPSA) is 103 Å². The molecule has 3 heterocycles. The van der Waals surface area contributed by atoms with E-state index in [9.17, 15) is 4.79 Å². The smallest absolute Gasteiger partial charge is 0.319 e. The third kappa shape index (κ3) is 7.20. The number of carbonyl (C=O) groups is 1. The predicted molar refractivity (Wildman–Crippen MR) is 170 cm³/mol. The van der Waals surface area contributed by atoms with Crippen LogP contribution in [0.3, 0.4) is 0 Å². The van der Waals surface area contributed by atoms with Gasteiger partial charge in [-0.3, -0.25) is 9.88 Å². The molecule has 3 aliphatic rings. The number of hydrogen-bond donors (Lipinski definition) is 2. The number of fused-ring (bicyclic) bond motifs is 3. The van der Waals surface area contributed by atoms with Crippen LogP contribution >= 0.6 is 11.6 Å². The van der Waals surface area contributed by atoms with E-state index in [1.165, 1.54) is 0 Å². The van der Waals surface area contributed by atoms with Crippen molar-refractivity contribution < 1.29 is 28.5 Å². The number of rotatable bonds is 10. The van der Waals surface area contributed by atoms with Crippen molar-refractivity contribution in [2.45, 2.75) is 31.2 Å². The van der Waals surface area contributed by atoms with E-state index in [1.807, 2.05) is 31.2 Å². The molecule has 2 aromatic carbocycles. The molecule has 0 spiro atoms. The molecule has 2 amide bonds. The fraction of sp³-hybridized carbons (Fsp3) is 0.394. The lowest BCUT2D eigenvalue weighted by Gasteiger charge is -2.26. The van der Waals surface area contributed by atoms with Gasteiger partial charge < -0.3 is 34.3 Å². The van der Waals surface area contributed by atoms with Crippen molar-refractivity contribution in [3.63, 3.8) is 0 Å². The van der Waals surface area contributed by atoms with Gasteiger partial charge in [0.1, 0.15) is 24.7 Å². The number of pyridine rings is 1. The number of halogens is 1. The first kappa shape index (κ1) is 30.1. The Hall–Kier alpha value is -3.99. The van der Waals surface area contributed by atoms with E-state index in [-0.39, 0.29) is 17.5 Å². The number of aromatic nitrogens is 1. The Bertz CT molecular complexity index is 1520. The molecule has 2 unspecified atom stereocenters. The third-order valence-electron chi connectivity index (χ3n) is 7.74. The molecule has 1 saturated heterocycles. The van der Waals surface area contributed by atoms with Gasteiger partial charge in [-0.15, -0.1) is 11.6 Å². The molecule has 10 nitrogen and oxygen atoms in total. The zero-order chi connectivity index (χ0) is 30.3. The highest BCUT2D eigenvalue weighted by atomic mass is 35.5. The Labute approximate surface area is 261 Å². The molecule has 0 bridgehead atoms. The van der Waals surface area contributed by atoms with Crippen LogP contribution in [0, 0.1) is 0 Å². The summed E-state index contributed by atoms with van der Waals surface area (Å²) in [5.41, 5.74) is 2.30. The standard InChI is InChI=1S/C33H37ClN4O6/c1-22(25-5-2-3-6-26(25)34)36-33(39)37-23-7-9-24(10-8-23)44-28-11-12-35-27-21-29(31-32(30(27)28)43-20-19-42-31)41-16-4-13-38-14-17-40-18-15-38/h2-3,5,7-12,21-22,26H,4,6,13-20H2,1H3,(H2,36,37,39). The number of anilines is 1. The summed E-state index contributed by atoms with van der Waals surface area (Å²) in [7, 11) is 0. The van der Waals surface area contributed by atoms with Gasteiger partial charge in [0, 0.05) is 37.6 Å². The number of amides is 2. The molecule has 6 rings (SSSR count). The fourth-order valence-corrected chi connectivity index (χ4v) is 5.84. The van der Waals surface area contributed by atoms with Crippen molar-refractivity contribution in [3.8, 4) is 28.7 Å². The normalized spacial score (nSPS) is 18.8. The molecular weight excluding hydrogens is 584 g/mol. The highest BCUT2D eigenvalue weighted by Gasteiger charge is 2.25. The van der Waals surface area contributed by atoms with Gasteiger partial charge in [0.15, 0.2) is 11.5 Å². The van der Waals surface area contributed by atoms with E-state index in [0.29, 0.717) is 65.2 Å². The Balaban J connectivity index is 1.11. The number of morpholine rings is 1. The predicted octanol–water partition coefficient (Wildman–Crippen LogP) is 5.90. The second-order valence-electron chi connectivity index (χ2n) is 10.8. The number of urea groups is 1. The van der Waals surface area contributed by atoms with E-state index in [2.05, 4.69) is 20.5 Å². The minimum atomic E-state index is -0.312. The number of nitrogens with zero attached hydrogens (tertiary/aromatic N) is 2. The zero-order valence-corrected chi connectivity index (χ0v) is 25.5. The number of allylic oxidation sites excluding steroid dienone is 3. The van der Waals surface area contributed by atoms with E-state index in [0.717, 1.165) is 51.3 Å². The molecule has 3 aromatic rings. The highest BCUT2D eigenvalue weighted by Crippen LogP contribution is 2.48. The Morgan fingerprint density at radius 3 is 2.68 bits per heavy atom. The van der Waals surface area contributed by atoms with Crippen LogP contribution in [0.1, 0.15) is 19.8 Å². The van der Waals surface area contributed by atoms with Crippen molar-refractivity contribution in [1.29, 1.82) is 0 Å². The zero-order valence-electron chi connectivity index (χ0n) is 24.7. The van der Waals surface area contributed by atoms with Crippen molar-refractivity contribution in [2.75, 3.05) is 58.0 Å². The van der Waals surface area contributed by atoms with Gasteiger partial charge >= 0.3 is 6.03 Å². The minimum Gasteiger partial charge on any atom is -0.489 e. The van der Waals surface area contributed by atoms with Crippen LogP contribution < -0.4 is 29.6 Å². The first-order valence-electron chi connectivity index (χ1n) is 15.1. The van der Waals surface area contributed by atoms with Gasteiger partial charge in [-0.05, 0) is 55.7 Å². The molecule has 2 N–H and O–H groups in total. The van der Waals surface area contributed by atoms with Gasteiger partial charge in [0.05, 0.1) is 42.1 Å². The lowest BCUT2D eigenvalue weighted by atomic mass is 9.98. The molecule has 0 saturated carbocycles. The van der Waals surface area contributed by atoms with Crippen molar-refractivity contribution >= 4 is 34.2 Å². The number of ether oxygens (including phenoxy) is 5. The first-order chi connectivity index (χ1) is 21.5. The first-order valence-corrected chi connectivity index (χ1v) is 15.5. The second kappa shape index (κ2) is 14.2. The summed E-state index contributed by atoms with van der Waals surface area (Å²) in [6.07, 6.45) is 9.27. The Kier molecular flexibility index (Phi) is 9.70. The third-order valence-corrected chi connectivity index (χ3v) is 8.17. The summed E-state index contributed by atoms with van der Waals surface area (Å²) in [5.74, 6) is 2.91. The van der Waals surface area contributed by atoms with Crippen LogP contribution in [0.2, 0.25) is 0 Å². The molecule has 11 heteroatoms. The van der Waals surface area contributed by atoms with Crippen LogP contribution in [-0.2, 0) is 4.74 Å². The van der Waals surface area contributed by atoms with Gasteiger partial charge in [-0.25, -0.2) is 4.79 Å². The van der Waals surface area contributed by atoms with E-state index in [4.69, 9.17) is 35.3 Å². The van der Waals surface area contributed by atoms with Crippen molar-refractivity contribution in [2.24, 2.45) is 0 Å². The number of alkyl halides is 1. The fourth-order valence-electron chi connectivity index (χ4n) is 5.48. The van der Waals surface area contributed by atoms with Gasteiger partial charge in [-0.1, -0.05) is 18.2 Å². The molecular formula is C33H37ClN4O6. The van der Waals surface area contributed by atoms with E-state index in [1.54, 1.807) is 36.5 Å². The molecule has 0 radical (unpaired) electrons. The minimum absolute atomic E-state index is 0.122. The average Bonchev–Trinajstić information content (AvgIpc) is 3.04. The molecule has 44 heavy (non-hydrogen) atoms. The summed E-state index contributed by atoms with van der Waals surface area (Å²) in [5, 5.41) is 6.41. The Morgan fingerprint density at radius 1 is 1.09 bits per heavy atom. The van der Waals surface area contributed by atoms with Gasteiger partial charge in [0.2, 0.25) is 5.75 Å². The van der Waals surface area contributed by atoms with E-state index >= 15 is 0 Å². The van der Waals surface area contributed by atoms with Crippen LogP contribution in [-0.4, -0.2) is 80.0 Å². The lowest BCUT2D eigenvalue weighted by Crippen LogP contribution is -2.39. The molecule has 232 valence electrons. The molecule has 2 aliphatic heterocycles. The molecule has 1 fully saturated rings. The molecule has 1 aliphatic carbocycles. The summed E-state index contributed by atoms with van der Waals surface area (Å²) in [6.45, 7) is 7.74. The largest absolute Gasteiger partial charge is 0.489 e. The van der Waals surface area contributed by atoms with Gasteiger partial charge in [-0.2, -0.15) is 0 Å². The van der Waals surface area contributed by atoms with E-state index < -0.39 is 0 Å². The van der Waals surface area contributed by atoms with Gasteiger partial charge in [0.25, 0.3) is 0 Å². The summed E-state index contributed by atoms with van der Waals surface area (Å²) < 4.78 is 30.0. The van der Waals surface area contributed by atoms with Crippen LogP contribution in [0.25, 0.3) is 10.9 Å². The number of carbonyl (C=O) groups excluding carboxylic acids is 1. The quantitative estimate of drug-likeness (QED) is 0.213. The van der Waals surface area contributed by atoms with Crippen molar-refractivity contribution in [3.05, 3.63) is 66.4 Å². The van der Waals surface area contributed by atoms with Crippen molar-refractivity contribution in [1.82, 2.24) is 15.2 Å². The maximum Gasteiger partial charge on any atom is 0.319 e. The number of nitrogens with one attached hydrogen (secondary N) is 2. The number of benzene rings is 2. The summed E-state index contributed by atoms with van der Waals surface area (Å²) in [4.78, 5) is 19.6. The summed E-state index contributed by atoms with van der Waals surface area (Å²) >= 11 is 6.40. The maximum absolute atomic E-state index is 12.6. The monoisotopic (exact) mass is 620 g/mol. The maximum atomic E-state index is 12.6. The highest BCUT2D eigenvalue weighted by molar-refractivity contribution is 6.22. The summed E-state index contributed by atoms with van der Waals surface area (Å²) in [6, 6.07) is 10.3. The molecule has 1 aromatic heterocycles. The average molecular weight is 621 g/mol. The van der Waals surface area contributed by atoms with Crippen LogP contribution in [0.15, 0.2) is 66.4 Å². The SMILES string of the molecule is CC(NC(=O)Nc1ccc(Oc2ccnc3cc(OCCCN4CCOCC4)c4c(c23)OCCO4)cc1)C1=CC=CCC1Cl. The second-order valence-corrected chi connectivity index (χ2v) is 11.4. The molecule has 2 atom stereocenters.